The van der Waals surface area contributed by atoms with Gasteiger partial charge in [-0.1, -0.05) is 124 Å². The minimum Gasteiger partial charge on any atom is -0.456 e. The second kappa shape index (κ2) is 13.2. The third-order valence-electron chi connectivity index (χ3n) is 11.0. The normalized spacial score (nSPS) is 14.1. The Morgan fingerprint density at radius 2 is 1.39 bits per heavy atom. The number of aromatic nitrogens is 1. The Kier molecular flexibility index (Phi) is 8.18. The van der Waals surface area contributed by atoms with Crippen LogP contribution in [0.15, 0.2) is 174 Å². The Morgan fingerprint density at radius 3 is 2.13 bits per heavy atom. The van der Waals surface area contributed by atoms with Crippen molar-refractivity contribution in [2.75, 3.05) is 6.61 Å². The standard InChI is InChI=1S/C51H41NO2/c1-5-12-40-28-39-29-41(21-22-46(39)51(40,3)4)52-47-17-9-8-16-42(47)43-30-36(18-23-48(43)52)38-20-25-50-45(32-38)44-31-37(19-24-49(44)54-50)35-15-11-14-34(27-35)33(2)13-7-6-10-26-53/h5-25,27-32,53H,2,26H2,1,3-4H3/b10-6-,12-5-,13-7-. The van der Waals surface area contributed by atoms with Crippen molar-refractivity contribution >= 4 is 55.4 Å². The lowest BCUT2D eigenvalue weighted by molar-refractivity contribution is 0.343. The van der Waals surface area contributed by atoms with E-state index in [-0.39, 0.29) is 12.0 Å². The number of furan rings is 1. The Hall–Kier alpha value is -6.42. The van der Waals surface area contributed by atoms with Gasteiger partial charge >= 0.3 is 0 Å². The second-order valence-corrected chi connectivity index (χ2v) is 14.7. The van der Waals surface area contributed by atoms with Crippen LogP contribution in [-0.2, 0) is 5.41 Å². The highest BCUT2D eigenvalue weighted by Crippen LogP contribution is 2.44. The fourth-order valence-electron chi connectivity index (χ4n) is 8.19. The summed E-state index contributed by atoms with van der Waals surface area (Å²) in [5.74, 6) is 0. The molecule has 0 saturated heterocycles. The first kappa shape index (κ1) is 33.4. The lowest BCUT2D eigenvalue weighted by Gasteiger charge is -2.23. The molecule has 0 atom stereocenters. The van der Waals surface area contributed by atoms with Gasteiger partial charge in [-0.25, -0.2) is 0 Å². The average Bonchev–Trinajstić information content (AvgIpc) is 3.82. The average molecular weight is 700 g/mol. The monoisotopic (exact) mass is 699 g/mol. The molecular formula is C51H41NO2. The minimum absolute atomic E-state index is 0.0169. The largest absolute Gasteiger partial charge is 0.456 e. The summed E-state index contributed by atoms with van der Waals surface area (Å²) in [6.07, 6.45) is 14.1. The van der Waals surface area contributed by atoms with E-state index in [0.29, 0.717) is 0 Å². The van der Waals surface area contributed by atoms with Gasteiger partial charge in [-0.05, 0) is 118 Å². The van der Waals surface area contributed by atoms with Crippen molar-refractivity contribution in [1.29, 1.82) is 0 Å². The summed E-state index contributed by atoms with van der Waals surface area (Å²) in [6.45, 7) is 11.0. The van der Waals surface area contributed by atoms with Crippen LogP contribution in [0.1, 0.15) is 37.5 Å². The smallest absolute Gasteiger partial charge is 0.135 e. The minimum atomic E-state index is -0.0169. The zero-order valence-electron chi connectivity index (χ0n) is 30.8. The molecule has 2 heterocycles. The molecule has 3 nitrogen and oxygen atoms in total. The van der Waals surface area contributed by atoms with Gasteiger partial charge in [0.2, 0.25) is 0 Å². The number of aliphatic hydroxyl groups excluding tert-OH is 1. The van der Waals surface area contributed by atoms with Crippen molar-refractivity contribution in [3.63, 3.8) is 0 Å². The molecule has 6 aromatic carbocycles. The maximum absolute atomic E-state index is 9.02. The van der Waals surface area contributed by atoms with Gasteiger partial charge in [0.15, 0.2) is 0 Å². The van der Waals surface area contributed by atoms with Crippen molar-refractivity contribution < 1.29 is 9.52 Å². The first-order valence-electron chi connectivity index (χ1n) is 18.6. The van der Waals surface area contributed by atoms with Crippen molar-refractivity contribution in [1.82, 2.24) is 4.57 Å². The molecule has 0 aliphatic heterocycles. The summed E-state index contributed by atoms with van der Waals surface area (Å²) in [4.78, 5) is 0. The van der Waals surface area contributed by atoms with E-state index in [9.17, 15) is 0 Å². The molecule has 0 saturated carbocycles. The van der Waals surface area contributed by atoms with Crippen LogP contribution in [0, 0.1) is 0 Å². The third-order valence-corrected chi connectivity index (χ3v) is 11.0. The molecule has 9 rings (SSSR count). The highest BCUT2D eigenvalue weighted by Gasteiger charge is 2.31. The molecule has 1 N–H and O–H groups in total. The summed E-state index contributed by atoms with van der Waals surface area (Å²) in [5.41, 5.74) is 15.8. The quantitative estimate of drug-likeness (QED) is 0.160. The summed E-state index contributed by atoms with van der Waals surface area (Å²) in [5, 5.41) is 13.7. The molecule has 0 amide bonds. The number of rotatable bonds is 8. The lowest BCUT2D eigenvalue weighted by atomic mass is 9.81. The fourth-order valence-corrected chi connectivity index (χ4v) is 8.19. The van der Waals surface area contributed by atoms with E-state index in [4.69, 9.17) is 9.52 Å². The first-order valence-corrected chi connectivity index (χ1v) is 18.6. The van der Waals surface area contributed by atoms with Crippen LogP contribution in [0.2, 0.25) is 0 Å². The van der Waals surface area contributed by atoms with Crippen molar-refractivity contribution in [3.05, 3.63) is 187 Å². The van der Waals surface area contributed by atoms with Crippen LogP contribution >= 0.6 is 0 Å². The van der Waals surface area contributed by atoms with Gasteiger partial charge in [-0.3, -0.25) is 0 Å². The van der Waals surface area contributed by atoms with E-state index in [2.05, 4.69) is 171 Å². The van der Waals surface area contributed by atoms with Gasteiger partial charge in [0.25, 0.3) is 0 Å². The van der Waals surface area contributed by atoms with Crippen LogP contribution in [0.4, 0.5) is 0 Å². The maximum Gasteiger partial charge on any atom is 0.135 e. The van der Waals surface area contributed by atoms with Crippen molar-refractivity contribution in [2.45, 2.75) is 26.2 Å². The zero-order valence-corrected chi connectivity index (χ0v) is 30.8. The van der Waals surface area contributed by atoms with Gasteiger partial charge < -0.3 is 14.1 Å². The number of nitrogens with zero attached hydrogens (tertiary/aromatic N) is 1. The summed E-state index contributed by atoms with van der Waals surface area (Å²) < 4.78 is 8.76. The molecule has 0 unspecified atom stereocenters. The van der Waals surface area contributed by atoms with Crippen LogP contribution in [0.5, 0.6) is 0 Å². The molecule has 2 aromatic heterocycles. The van der Waals surface area contributed by atoms with Gasteiger partial charge in [0, 0.05) is 32.6 Å². The Labute approximate surface area is 315 Å². The second-order valence-electron chi connectivity index (χ2n) is 14.7. The van der Waals surface area contributed by atoms with Gasteiger partial charge in [-0.15, -0.1) is 0 Å². The third kappa shape index (κ3) is 5.57. The molecule has 0 bridgehead atoms. The maximum atomic E-state index is 9.02. The van der Waals surface area contributed by atoms with E-state index in [1.165, 1.54) is 49.8 Å². The van der Waals surface area contributed by atoms with E-state index in [1.54, 1.807) is 6.08 Å². The molecule has 8 aromatic rings. The lowest BCUT2D eigenvalue weighted by Crippen LogP contribution is -2.16. The fraction of sp³-hybridized carbons (Fsp3) is 0.0980. The first-order chi connectivity index (χ1) is 26.3. The molecule has 1 aliphatic rings. The summed E-state index contributed by atoms with van der Waals surface area (Å²) in [7, 11) is 0. The summed E-state index contributed by atoms with van der Waals surface area (Å²) >= 11 is 0. The van der Waals surface area contributed by atoms with Crippen LogP contribution < -0.4 is 0 Å². The number of hydrogen-bond acceptors (Lipinski definition) is 2. The molecule has 1 aliphatic carbocycles. The van der Waals surface area contributed by atoms with E-state index in [0.717, 1.165) is 49.8 Å². The Bertz CT molecular complexity index is 2920. The molecule has 0 radical (unpaired) electrons. The SMILES string of the molecule is C=C(/C=C\C=C/CO)c1cccc(-c2ccc3oc4ccc(-c5ccc6c(c5)c5ccccc5n6-c5ccc6c(c5)C=C(/C=C\C)C6(C)C)cc4c3c2)c1. The number of hydrogen-bond donors (Lipinski definition) is 1. The highest BCUT2D eigenvalue weighted by atomic mass is 16.3. The van der Waals surface area contributed by atoms with Gasteiger partial charge in [0.1, 0.15) is 11.2 Å². The Balaban J connectivity index is 1.11. The number of benzene rings is 6. The number of para-hydroxylation sites is 1. The number of aliphatic hydroxyl groups is 1. The number of allylic oxidation sites excluding steroid dienone is 7. The highest BCUT2D eigenvalue weighted by molar-refractivity contribution is 6.11. The topological polar surface area (TPSA) is 38.3 Å². The summed E-state index contributed by atoms with van der Waals surface area (Å²) in [6, 6.07) is 44.0. The zero-order chi connectivity index (χ0) is 37.0. The molecule has 0 spiro atoms. The molecule has 0 fully saturated rings. The van der Waals surface area contributed by atoms with Crippen molar-refractivity contribution in [2.24, 2.45) is 0 Å². The molecule has 262 valence electrons. The van der Waals surface area contributed by atoms with E-state index in [1.807, 2.05) is 18.2 Å². The molecule has 54 heavy (non-hydrogen) atoms. The van der Waals surface area contributed by atoms with Gasteiger partial charge in [0.05, 0.1) is 17.6 Å². The van der Waals surface area contributed by atoms with Gasteiger partial charge in [-0.2, -0.15) is 0 Å². The van der Waals surface area contributed by atoms with Crippen molar-refractivity contribution in [3.8, 4) is 27.9 Å². The molecular weight excluding hydrogens is 659 g/mol. The van der Waals surface area contributed by atoms with E-state index < -0.39 is 0 Å². The number of fused-ring (bicyclic) bond motifs is 7. The predicted octanol–water partition coefficient (Wildman–Crippen LogP) is 13.4. The van der Waals surface area contributed by atoms with E-state index >= 15 is 0 Å². The molecule has 3 heteroatoms. The predicted molar refractivity (Wildman–Crippen MR) is 229 cm³/mol. The van der Waals surface area contributed by atoms with Crippen LogP contribution in [-0.4, -0.2) is 16.3 Å². The van der Waals surface area contributed by atoms with Crippen LogP contribution in [0.3, 0.4) is 0 Å². The Morgan fingerprint density at radius 1 is 0.704 bits per heavy atom. The van der Waals surface area contributed by atoms with Crippen LogP contribution in [0.25, 0.3) is 83.3 Å².